The SMILES string of the molecule is CCc1ccc(-n2nc(C(F)(F)F)cc2-c2ccncc2)cc1. The average Bonchev–Trinajstić information content (AvgIpc) is 3.01. The van der Waals surface area contributed by atoms with Crippen LogP contribution in [0.2, 0.25) is 0 Å². The van der Waals surface area contributed by atoms with Gasteiger partial charge in [0.25, 0.3) is 0 Å². The number of halogens is 3. The normalized spacial score (nSPS) is 11.7. The van der Waals surface area contributed by atoms with Crippen molar-refractivity contribution < 1.29 is 13.2 Å². The molecule has 118 valence electrons. The summed E-state index contributed by atoms with van der Waals surface area (Å²) in [7, 11) is 0. The van der Waals surface area contributed by atoms with Crippen LogP contribution in [0, 0.1) is 0 Å². The van der Waals surface area contributed by atoms with Gasteiger partial charge in [0.15, 0.2) is 5.69 Å². The molecule has 0 atom stereocenters. The second-order valence-electron chi connectivity index (χ2n) is 5.08. The average molecular weight is 317 g/mol. The van der Waals surface area contributed by atoms with Gasteiger partial charge in [-0.15, -0.1) is 0 Å². The van der Waals surface area contributed by atoms with Crippen LogP contribution in [0.25, 0.3) is 16.9 Å². The van der Waals surface area contributed by atoms with Crippen molar-refractivity contribution in [1.29, 1.82) is 0 Å². The van der Waals surface area contributed by atoms with Gasteiger partial charge in [0.2, 0.25) is 0 Å². The van der Waals surface area contributed by atoms with Gasteiger partial charge in [-0.25, -0.2) is 4.68 Å². The van der Waals surface area contributed by atoms with Crippen molar-refractivity contribution in [3.63, 3.8) is 0 Å². The Morgan fingerprint density at radius 2 is 1.65 bits per heavy atom. The van der Waals surface area contributed by atoms with Crippen LogP contribution >= 0.6 is 0 Å². The Bertz CT molecular complexity index is 790. The topological polar surface area (TPSA) is 30.7 Å². The van der Waals surface area contributed by atoms with Crippen molar-refractivity contribution in [2.24, 2.45) is 0 Å². The lowest BCUT2D eigenvalue weighted by Gasteiger charge is -2.08. The molecular weight excluding hydrogens is 303 g/mol. The molecule has 1 aromatic carbocycles. The van der Waals surface area contributed by atoms with Crippen LogP contribution in [0.3, 0.4) is 0 Å². The third-order valence-corrected chi connectivity index (χ3v) is 3.57. The van der Waals surface area contributed by atoms with E-state index in [1.54, 1.807) is 36.7 Å². The number of pyridine rings is 1. The minimum atomic E-state index is -4.49. The minimum Gasteiger partial charge on any atom is -0.265 e. The maximum absolute atomic E-state index is 13.0. The Labute approximate surface area is 131 Å². The third-order valence-electron chi connectivity index (χ3n) is 3.57. The molecule has 0 spiro atoms. The molecule has 0 aliphatic heterocycles. The predicted octanol–water partition coefficient (Wildman–Crippen LogP) is 4.52. The number of nitrogens with zero attached hydrogens (tertiary/aromatic N) is 3. The van der Waals surface area contributed by atoms with E-state index in [-0.39, 0.29) is 0 Å². The molecule has 0 fully saturated rings. The van der Waals surface area contributed by atoms with E-state index in [0.717, 1.165) is 18.1 Å². The molecular formula is C17H14F3N3. The smallest absolute Gasteiger partial charge is 0.265 e. The maximum atomic E-state index is 13.0. The summed E-state index contributed by atoms with van der Waals surface area (Å²) in [6.07, 6.45) is -0.541. The van der Waals surface area contributed by atoms with Crippen molar-refractivity contribution >= 4 is 0 Å². The first-order valence-electron chi connectivity index (χ1n) is 7.16. The Hall–Kier alpha value is -2.63. The second-order valence-corrected chi connectivity index (χ2v) is 5.08. The number of aromatic nitrogens is 3. The summed E-state index contributed by atoms with van der Waals surface area (Å²) < 4.78 is 40.4. The summed E-state index contributed by atoms with van der Waals surface area (Å²) in [5, 5.41) is 3.75. The summed E-state index contributed by atoms with van der Waals surface area (Å²) in [5.74, 6) is 0. The quantitative estimate of drug-likeness (QED) is 0.711. The summed E-state index contributed by atoms with van der Waals surface area (Å²) in [5.41, 5.74) is 1.79. The first-order valence-corrected chi connectivity index (χ1v) is 7.16. The van der Waals surface area contributed by atoms with Gasteiger partial charge in [-0.2, -0.15) is 18.3 Å². The van der Waals surface area contributed by atoms with Crippen LogP contribution in [-0.2, 0) is 12.6 Å². The summed E-state index contributed by atoms with van der Waals surface area (Å²) in [6, 6.07) is 11.7. The first-order chi connectivity index (χ1) is 11.0. The van der Waals surface area contributed by atoms with Gasteiger partial charge in [-0.05, 0) is 42.3 Å². The van der Waals surface area contributed by atoms with Crippen molar-refractivity contribution in [2.45, 2.75) is 19.5 Å². The van der Waals surface area contributed by atoms with Gasteiger partial charge in [-0.3, -0.25) is 4.98 Å². The van der Waals surface area contributed by atoms with E-state index in [1.165, 1.54) is 4.68 Å². The summed E-state index contributed by atoms with van der Waals surface area (Å²) in [4.78, 5) is 3.90. The van der Waals surface area contributed by atoms with E-state index in [4.69, 9.17) is 0 Å². The molecule has 0 radical (unpaired) electrons. The molecule has 0 aliphatic rings. The van der Waals surface area contributed by atoms with Crippen LogP contribution < -0.4 is 0 Å². The lowest BCUT2D eigenvalue weighted by Crippen LogP contribution is -2.07. The Morgan fingerprint density at radius 1 is 1.00 bits per heavy atom. The Balaban J connectivity index is 2.15. The zero-order valence-corrected chi connectivity index (χ0v) is 12.4. The molecule has 3 aromatic rings. The van der Waals surface area contributed by atoms with Crippen LogP contribution in [-0.4, -0.2) is 14.8 Å². The highest BCUT2D eigenvalue weighted by Crippen LogP contribution is 2.33. The van der Waals surface area contributed by atoms with E-state index in [9.17, 15) is 13.2 Å². The standard InChI is InChI=1S/C17H14F3N3/c1-2-12-3-5-14(6-4-12)23-15(13-7-9-21-10-8-13)11-16(22-23)17(18,19)20/h3-11H,2H2,1H3. The fourth-order valence-electron chi connectivity index (χ4n) is 2.32. The molecule has 6 heteroatoms. The number of hydrogen-bond donors (Lipinski definition) is 0. The van der Waals surface area contributed by atoms with Gasteiger partial charge < -0.3 is 0 Å². The van der Waals surface area contributed by atoms with Crippen LogP contribution in [0.1, 0.15) is 18.2 Å². The van der Waals surface area contributed by atoms with Gasteiger partial charge in [0.05, 0.1) is 11.4 Å². The molecule has 0 saturated heterocycles. The monoisotopic (exact) mass is 317 g/mol. The van der Waals surface area contributed by atoms with E-state index in [1.807, 2.05) is 19.1 Å². The number of benzene rings is 1. The fraction of sp³-hybridized carbons (Fsp3) is 0.176. The van der Waals surface area contributed by atoms with Gasteiger partial charge in [0.1, 0.15) is 0 Å². The number of aryl methyl sites for hydroxylation is 1. The molecule has 0 amide bonds. The molecule has 23 heavy (non-hydrogen) atoms. The minimum absolute atomic E-state index is 0.379. The maximum Gasteiger partial charge on any atom is 0.435 e. The molecule has 0 N–H and O–H groups in total. The zero-order valence-electron chi connectivity index (χ0n) is 12.4. The molecule has 3 rings (SSSR count). The highest BCUT2D eigenvalue weighted by Gasteiger charge is 2.35. The van der Waals surface area contributed by atoms with Gasteiger partial charge in [-0.1, -0.05) is 19.1 Å². The van der Waals surface area contributed by atoms with E-state index in [0.29, 0.717) is 16.9 Å². The second kappa shape index (κ2) is 5.87. The molecule has 0 saturated carbocycles. The van der Waals surface area contributed by atoms with Gasteiger partial charge in [0, 0.05) is 18.0 Å². The summed E-state index contributed by atoms with van der Waals surface area (Å²) >= 11 is 0. The molecule has 0 bridgehead atoms. The number of rotatable bonds is 3. The molecule has 0 unspecified atom stereocenters. The van der Waals surface area contributed by atoms with Crippen LogP contribution in [0.15, 0.2) is 54.9 Å². The van der Waals surface area contributed by atoms with Crippen LogP contribution in [0.5, 0.6) is 0 Å². The van der Waals surface area contributed by atoms with Crippen molar-refractivity contribution in [1.82, 2.24) is 14.8 Å². The highest BCUT2D eigenvalue weighted by molar-refractivity contribution is 5.62. The number of alkyl halides is 3. The van der Waals surface area contributed by atoms with Crippen molar-refractivity contribution in [3.05, 3.63) is 66.1 Å². The molecule has 2 aromatic heterocycles. The van der Waals surface area contributed by atoms with Crippen molar-refractivity contribution in [2.75, 3.05) is 0 Å². The lowest BCUT2D eigenvalue weighted by atomic mass is 10.1. The summed E-state index contributed by atoms with van der Waals surface area (Å²) in [6.45, 7) is 2.02. The zero-order chi connectivity index (χ0) is 16.4. The van der Waals surface area contributed by atoms with E-state index >= 15 is 0 Å². The fourth-order valence-corrected chi connectivity index (χ4v) is 2.32. The third kappa shape index (κ3) is 3.11. The Morgan fingerprint density at radius 3 is 2.22 bits per heavy atom. The Kier molecular flexibility index (Phi) is 3.90. The first kappa shape index (κ1) is 15.3. The molecule has 0 aliphatic carbocycles. The van der Waals surface area contributed by atoms with E-state index < -0.39 is 11.9 Å². The van der Waals surface area contributed by atoms with E-state index in [2.05, 4.69) is 10.1 Å². The predicted molar refractivity (Wildman–Crippen MR) is 81.2 cm³/mol. The van der Waals surface area contributed by atoms with Crippen LogP contribution in [0.4, 0.5) is 13.2 Å². The lowest BCUT2D eigenvalue weighted by molar-refractivity contribution is -0.141. The van der Waals surface area contributed by atoms with Gasteiger partial charge >= 0.3 is 6.18 Å². The molecule has 2 heterocycles. The number of hydrogen-bond acceptors (Lipinski definition) is 2. The largest absolute Gasteiger partial charge is 0.435 e. The molecule has 3 nitrogen and oxygen atoms in total. The van der Waals surface area contributed by atoms with Crippen molar-refractivity contribution in [3.8, 4) is 16.9 Å². The highest BCUT2D eigenvalue weighted by atomic mass is 19.4.